The van der Waals surface area contributed by atoms with Gasteiger partial charge in [0.15, 0.2) is 11.6 Å². The molecule has 0 atom stereocenters. The van der Waals surface area contributed by atoms with E-state index in [1.807, 2.05) is 0 Å². The molecule has 0 unspecified atom stereocenters. The SMILES string of the molecule is O=C(O)CCCc1c(O)c(F)cc(Cl)c1F. The first-order chi connectivity index (χ1) is 7.43. The maximum absolute atomic E-state index is 13.4. The van der Waals surface area contributed by atoms with Crippen molar-refractivity contribution in [3.8, 4) is 5.75 Å². The normalized spacial score (nSPS) is 10.4. The smallest absolute Gasteiger partial charge is 0.303 e. The van der Waals surface area contributed by atoms with Crippen LogP contribution in [-0.2, 0) is 11.2 Å². The van der Waals surface area contributed by atoms with Crippen LogP contribution >= 0.6 is 11.6 Å². The van der Waals surface area contributed by atoms with Crippen molar-refractivity contribution in [3.63, 3.8) is 0 Å². The maximum atomic E-state index is 13.4. The molecular weight excluding hydrogens is 242 g/mol. The van der Waals surface area contributed by atoms with Gasteiger partial charge >= 0.3 is 5.97 Å². The van der Waals surface area contributed by atoms with Crippen LogP contribution in [0.3, 0.4) is 0 Å². The second kappa shape index (κ2) is 5.12. The van der Waals surface area contributed by atoms with Gasteiger partial charge in [-0.1, -0.05) is 11.6 Å². The summed E-state index contributed by atoms with van der Waals surface area (Å²) in [6.07, 6.45) is -0.173. The second-order valence-electron chi connectivity index (χ2n) is 3.23. The van der Waals surface area contributed by atoms with Crippen LogP contribution in [0.1, 0.15) is 18.4 Å². The van der Waals surface area contributed by atoms with Crippen molar-refractivity contribution < 1.29 is 23.8 Å². The van der Waals surface area contributed by atoms with Crippen molar-refractivity contribution in [2.24, 2.45) is 0 Å². The van der Waals surface area contributed by atoms with Gasteiger partial charge in [0.1, 0.15) is 5.82 Å². The van der Waals surface area contributed by atoms with Gasteiger partial charge in [-0.2, -0.15) is 0 Å². The summed E-state index contributed by atoms with van der Waals surface area (Å²) in [4.78, 5) is 10.2. The first-order valence-corrected chi connectivity index (χ1v) is 4.88. The maximum Gasteiger partial charge on any atom is 0.303 e. The molecule has 88 valence electrons. The Bertz CT molecular complexity index is 395. The van der Waals surface area contributed by atoms with Gasteiger partial charge in [-0.25, -0.2) is 8.78 Å². The zero-order valence-electron chi connectivity index (χ0n) is 8.14. The lowest BCUT2D eigenvalue weighted by atomic mass is 10.1. The Morgan fingerprint density at radius 2 is 2.06 bits per heavy atom. The molecule has 2 N–H and O–H groups in total. The highest BCUT2D eigenvalue weighted by molar-refractivity contribution is 6.30. The molecule has 0 aliphatic rings. The third-order valence-corrected chi connectivity index (χ3v) is 2.33. The molecule has 0 aromatic heterocycles. The summed E-state index contributed by atoms with van der Waals surface area (Å²) in [7, 11) is 0. The van der Waals surface area contributed by atoms with Crippen LogP contribution in [0, 0.1) is 11.6 Å². The number of carboxylic acid groups (broad SMARTS) is 1. The Balaban J connectivity index is 2.90. The Morgan fingerprint density at radius 1 is 1.44 bits per heavy atom. The molecule has 0 saturated heterocycles. The molecule has 1 aromatic rings. The monoisotopic (exact) mass is 250 g/mol. The predicted molar refractivity (Wildman–Crippen MR) is 53.6 cm³/mol. The Hall–Kier alpha value is -1.36. The summed E-state index contributed by atoms with van der Waals surface area (Å²) >= 11 is 5.39. The number of phenols is 1. The Kier molecular flexibility index (Phi) is 4.06. The number of hydrogen-bond acceptors (Lipinski definition) is 2. The number of carboxylic acids is 1. The average Bonchev–Trinajstić information content (AvgIpc) is 2.20. The van der Waals surface area contributed by atoms with E-state index in [-0.39, 0.29) is 24.8 Å². The Morgan fingerprint density at radius 3 is 2.62 bits per heavy atom. The topological polar surface area (TPSA) is 57.5 Å². The van der Waals surface area contributed by atoms with Gasteiger partial charge in [-0.3, -0.25) is 4.79 Å². The molecule has 3 nitrogen and oxygen atoms in total. The molecule has 0 heterocycles. The minimum atomic E-state index is -1.04. The molecule has 0 amide bonds. The highest BCUT2D eigenvalue weighted by Gasteiger charge is 2.16. The molecule has 1 aromatic carbocycles. The van der Waals surface area contributed by atoms with E-state index in [9.17, 15) is 18.7 Å². The quantitative estimate of drug-likeness (QED) is 0.808. The molecule has 1 rings (SSSR count). The van der Waals surface area contributed by atoms with E-state index in [0.29, 0.717) is 6.07 Å². The van der Waals surface area contributed by atoms with Gasteiger partial charge in [0.05, 0.1) is 5.02 Å². The molecule has 16 heavy (non-hydrogen) atoms. The van der Waals surface area contributed by atoms with E-state index in [0.717, 1.165) is 0 Å². The molecule has 6 heteroatoms. The number of hydrogen-bond donors (Lipinski definition) is 2. The predicted octanol–water partition coefficient (Wildman–Crippen LogP) is 2.73. The van der Waals surface area contributed by atoms with Crippen molar-refractivity contribution in [1.29, 1.82) is 0 Å². The van der Waals surface area contributed by atoms with E-state index in [4.69, 9.17) is 16.7 Å². The third-order valence-electron chi connectivity index (χ3n) is 2.06. The highest BCUT2D eigenvalue weighted by Crippen LogP contribution is 2.30. The van der Waals surface area contributed by atoms with Gasteiger partial charge in [-0.15, -0.1) is 0 Å². The lowest BCUT2D eigenvalue weighted by Crippen LogP contribution is -1.99. The molecule has 0 saturated carbocycles. The summed E-state index contributed by atoms with van der Waals surface area (Å²) in [6, 6.07) is 0.674. The average molecular weight is 251 g/mol. The molecular formula is C10H9ClF2O3. The standard InChI is InChI=1S/C10H9ClF2O3/c11-6-4-7(12)10(16)5(9(6)13)2-1-3-8(14)15/h4,16H,1-3H2,(H,14,15). The summed E-state index contributed by atoms with van der Waals surface area (Å²) in [5.41, 5.74) is -0.286. The highest BCUT2D eigenvalue weighted by atomic mass is 35.5. The zero-order chi connectivity index (χ0) is 12.3. The molecule has 0 radical (unpaired) electrons. The second-order valence-corrected chi connectivity index (χ2v) is 3.64. The number of phenolic OH excluding ortho intramolecular Hbond substituents is 1. The number of carbonyl (C=O) groups is 1. The number of benzene rings is 1. The fourth-order valence-corrected chi connectivity index (χ4v) is 1.49. The van der Waals surface area contributed by atoms with Crippen molar-refractivity contribution >= 4 is 17.6 Å². The zero-order valence-corrected chi connectivity index (χ0v) is 8.89. The van der Waals surface area contributed by atoms with Crippen molar-refractivity contribution in [1.82, 2.24) is 0 Å². The van der Waals surface area contributed by atoms with Crippen LogP contribution in [-0.4, -0.2) is 16.2 Å². The first kappa shape index (κ1) is 12.7. The molecule has 0 spiro atoms. The molecule has 0 fully saturated rings. The fourth-order valence-electron chi connectivity index (χ4n) is 1.28. The van der Waals surface area contributed by atoms with Gasteiger partial charge in [-0.05, 0) is 18.9 Å². The lowest BCUT2D eigenvalue weighted by molar-refractivity contribution is -0.137. The van der Waals surface area contributed by atoms with Crippen molar-refractivity contribution in [2.45, 2.75) is 19.3 Å². The number of halogens is 3. The van der Waals surface area contributed by atoms with E-state index >= 15 is 0 Å². The van der Waals surface area contributed by atoms with E-state index in [2.05, 4.69) is 0 Å². The summed E-state index contributed by atoms with van der Waals surface area (Å²) < 4.78 is 26.3. The van der Waals surface area contributed by atoms with Crippen LogP contribution in [0.4, 0.5) is 8.78 Å². The minimum absolute atomic E-state index is 0.0819. The van der Waals surface area contributed by atoms with Gasteiger partial charge in [0.2, 0.25) is 0 Å². The van der Waals surface area contributed by atoms with E-state index < -0.39 is 28.4 Å². The third kappa shape index (κ3) is 2.82. The number of aromatic hydroxyl groups is 1. The fraction of sp³-hybridized carbons (Fsp3) is 0.300. The van der Waals surface area contributed by atoms with Crippen molar-refractivity contribution in [2.75, 3.05) is 0 Å². The van der Waals surface area contributed by atoms with Crippen LogP contribution in [0.5, 0.6) is 5.75 Å². The summed E-state index contributed by atoms with van der Waals surface area (Å²) in [6.45, 7) is 0. The summed E-state index contributed by atoms with van der Waals surface area (Å²) in [5.74, 6) is -3.78. The Labute approximate surface area is 95.3 Å². The first-order valence-electron chi connectivity index (χ1n) is 4.50. The number of aliphatic carboxylic acids is 1. The molecule has 0 aliphatic heterocycles. The minimum Gasteiger partial charge on any atom is -0.505 e. The molecule has 0 aliphatic carbocycles. The van der Waals surface area contributed by atoms with E-state index in [1.165, 1.54) is 0 Å². The van der Waals surface area contributed by atoms with Gasteiger partial charge in [0, 0.05) is 12.0 Å². The van der Waals surface area contributed by atoms with Gasteiger partial charge < -0.3 is 10.2 Å². The van der Waals surface area contributed by atoms with Crippen LogP contribution in [0.25, 0.3) is 0 Å². The van der Waals surface area contributed by atoms with Crippen LogP contribution in [0.15, 0.2) is 6.07 Å². The largest absolute Gasteiger partial charge is 0.505 e. The lowest BCUT2D eigenvalue weighted by Gasteiger charge is -2.07. The van der Waals surface area contributed by atoms with E-state index in [1.54, 1.807) is 0 Å². The van der Waals surface area contributed by atoms with Gasteiger partial charge in [0.25, 0.3) is 0 Å². The van der Waals surface area contributed by atoms with Crippen molar-refractivity contribution in [3.05, 3.63) is 28.3 Å². The molecule has 0 bridgehead atoms. The van der Waals surface area contributed by atoms with Crippen LogP contribution in [0.2, 0.25) is 5.02 Å². The summed E-state index contributed by atoms with van der Waals surface area (Å²) in [5, 5.41) is 17.2. The van der Waals surface area contributed by atoms with Crippen LogP contribution < -0.4 is 0 Å². The number of rotatable bonds is 4.